The van der Waals surface area contributed by atoms with Gasteiger partial charge in [-0.2, -0.15) is 0 Å². The number of hydrogen-bond acceptors (Lipinski definition) is 3. The number of rotatable bonds is 8. The summed E-state index contributed by atoms with van der Waals surface area (Å²) in [4.78, 5) is 0. The van der Waals surface area contributed by atoms with Crippen LogP contribution < -0.4 is 0 Å². The third kappa shape index (κ3) is 7.77. The molecule has 0 rings (SSSR count). The molecular weight excluding hydrogens is 192 g/mol. The number of aliphatic hydroxyl groups excluding tert-OH is 1. The van der Waals surface area contributed by atoms with E-state index in [2.05, 4.69) is 27.7 Å². The van der Waals surface area contributed by atoms with E-state index in [1.54, 1.807) is 0 Å². The van der Waals surface area contributed by atoms with E-state index in [1.165, 1.54) is 0 Å². The van der Waals surface area contributed by atoms with Gasteiger partial charge in [0.15, 0.2) is 0 Å². The first kappa shape index (κ1) is 14.9. The predicted octanol–water partition coefficient (Wildman–Crippen LogP) is 2.23. The van der Waals surface area contributed by atoms with Crippen molar-refractivity contribution < 1.29 is 14.6 Å². The summed E-state index contributed by atoms with van der Waals surface area (Å²) in [5, 5.41) is 8.52. The van der Waals surface area contributed by atoms with Gasteiger partial charge in [0.2, 0.25) is 0 Å². The molecule has 0 saturated heterocycles. The normalized spacial score (nSPS) is 14.2. The summed E-state index contributed by atoms with van der Waals surface area (Å²) in [6.07, 6.45) is 2.52. The second-order valence-electron chi connectivity index (χ2n) is 4.85. The van der Waals surface area contributed by atoms with Gasteiger partial charge < -0.3 is 14.6 Å². The zero-order valence-corrected chi connectivity index (χ0v) is 10.6. The largest absolute Gasteiger partial charge is 0.394 e. The molecule has 0 aliphatic heterocycles. The van der Waals surface area contributed by atoms with Gasteiger partial charge in [0.25, 0.3) is 0 Å². The van der Waals surface area contributed by atoms with Crippen LogP contribution in [0.25, 0.3) is 0 Å². The fourth-order valence-corrected chi connectivity index (χ4v) is 1.44. The topological polar surface area (TPSA) is 38.7 Å². The first-order chi connectivity index (χ1) is 7.02. The van der Waals surface area contributed by atoms with Crippen molar-refractivity contribution >= 4 is 0 Å². The van der Waals surface area contributed by atoms with E-state index in [0.29, 0.717) is 25.9 Å². The average molecular weight is 218 g/mol. The molecule has 0 fully saturated rings. The lowest BCUT2D eigenvalue weighted by atomic mass is 9.86. The van der Waals surface area contributed by atoms with Gasteiger partial charge in [-0.25, -0.2) is 0 Å². The molecule has 3 heteroatoms. The lowest BCUT2D eigenvalue weighted by Gasteiger charge is -2.30. The predicted molar refractivity (Wildman–Crippen MR) is 62.0 cm³/mol. The Balaban J connectivity index is 3.67. The van der Waals surface area contributed by atoms with E-state index < -0.39 is 0 Å². The van der Waals surface area contributed by atoms with Crippen LogP contribution in [0.1, 0.15) is 40.5 Å². The van der Waals surface area contributed by atoms with Gasteiger partial charge in [-0.15, -0.1) is 0 Å². The van der Waals surface area contributed by atoms with E-state index in [0.717, 1.165) is 12.8 Å². The Morgan fingerprint density at radius 2 is 1.80 bits per heavy atom. The van der Waals surface area contributed by atoms with Crippen LogP contribution in [0.4, 0.5) is 0 Å². The molecule has 1 atom stereocenters. The van der Waals surface area contributed by atoms with Crippen LogP contribution in [0, 0.1) is 5.41 Å². The molecular formula is C12H26O3. The van der Waals surface area contributed by atoms with Crippen LogP contribution in [0.3, 0.4) is 0 Å². The molecule has 15 heavy (non-hydrogen) atoms. The number of hydrogen-bond donors (Lipinski definition) is 1. The maximum Gasteiger partial charge on any atom is 0.0704 e. The van der Waals surface area contributed by atoms with Crippen LogP contribution in [0.15, 0.2) is 0 Å². The Morgan fingerprint density at radius 1 is 1.13 bits per heavy atom. The minimum absolute atomic E-state index is 0.0810. The van der Waals surface area contributed by atoms with Gasteiger partial charge in [-0.05, 0) is 11.8 Å². The molecule has 0 aliphatic rings. The first-order valence-corrected chi connectivity index (χ1v) is 5.82. The van der Waals surface area contributed by atoms with Crippen LogP contribution in [-0.4, -0.2) is 37.6 Å². The van der Waals surface area contributed by atoms with Crippen LogP contribution >= 0.6 is 0 Å². The summed E-state index contributed by atoms with van der Waals surface area (Å²) in [5.41, 5.74) is 0.187. The van der Waals surface area contributed by atoms with Gasteiger partial charge in [0, 0.05) is 0 Å². The summed E-state index contributed by atoms with van der Waals surface area (Å²) in [7, 11) is 0. The molecule has 0 saturated carbocycles. The molecule has 0 radical (unpaired) electrons. The van der Waals surface area contributed by atoms with Crippen molar-refractivity contribution in [1.29, 1.82) is 0 Å². The quantitative estimate of drug-likeness (QED) is 0.635. The molecule has 0 spiro atoms. The summed E-state index contributed by atoms with van der Waals surface area (Å²) in [6, 6.07) is 0. The van der Waals surface area contributed by atoms with Gasteiger partial charge in [-0.3, -0.25) is 0 Å². The lowest BCUT2D eigenvalue weighted by molar-refractivity contribution is -0.0499. The monoisotopic (exact) mass is 218 g/mol. The molecule has 1 unspecified atom stereocenters. The SMILES string of the molecule is CCCC(OCCOCCO)C(C)(C)C. The standard InChI is InChI=1S/C12H26O3/c1-5-6-11(12(2,3)4)15-10-9-14-8-7-13/h11,13H,5-10H2,1-4H3. The lowest BCUT2D eigenvalue weighted by Crippen LogP contribution is -2.30. The molecule has 0 bridgehead atoms. The zero-order chi connectivity index (χ0) is 11.7. The number of aliphatic hydroxyl groups is 1. The summed E-state index contributed by atoms with van der Waals surface area (Å²) in [5.74, 6) is 0. The molecule has 0 amide bonds. The van der Waals surface area contributed by atoms with Crippen molar-refractivity contribution in [3.8, 4) is 0 Å². The third-order valence-electron chi connectivity index (χ3n) is 2.30. The summed E-state index contributed by atoms with van der Waals surface area (Å²) in [6.45, 7) is 10.4. The van der Waals surface area contributed by atoms with E-state index in [4.69, 9.17) is 14.6 Å². The second kappa shape index (κ2) is 8.08. The van der Waals surface area contributed by atoms with E-state index in [9.17, 15) is 0 Å². The Morgan fingerprint density at radius 3 is 2.27 bits per heavy atom. The highest BCUT2D eigenvalue weighted by Gasteiger charge is 2.24. The Bertz CT molecular complexity index is 140. The maximum absolute atomic E-state index is 8.52. The molecule has 0 aromatic heterocycles. The van der Waals surface area contributed by atoms with Gasteiger partial charge in [0.05, 0.1) is 32.5 Å². The van der Waals surface area contributed by atoms with Crippen molar-refractivity contribution in [3.05, 3.63) is 0 Å². The highest BCUT2D eigenvalue weighted by Crippen LogP contribution is 2.25. The molecule has 0 aromatic carbocycles. The van der Waals surface area contributed by atoms with Crippen LogP contribution in [-0.2, 0) is 9.47 Å². The van der Waals surface area contributed by atoms with Crippen molar-refractivity contribution in [3.63, 3.8) is 0 Å². The fraction of sp³-hybridized carbons (Fsp3) is 1.00. The van der Waals surface area contributed by atoms with Crippen molar-refractivity contribution in [2.24, 2.45) is 5.41 Å². The average Bonchev–Trinajstić information content (AvgIpc) is 2.14. The van der Waals surface area contributed by atoms with Crippen LogP contribution in [0.5, 0.6) is 0 Å². The van der Waals surface area contributed by atoms with Crippen molar-refractivity contribution in [1.82, 2.24) is 0 Å². The molecule has 0 aromatic rings. The second-order valence-corrected chi connectivity index (χ2v) is 4.85. The van der Waals surface area contributed by atoms with E-state index in [-0.39, 0.29) is 12.0 Å². The van der Waals surface area contributed by atoms with Crippen molar-refractivity contribution in [2.75, 3.05) is 26.4 Å². The smallest absolute Gasteiger partial charge is 0.0704 e. The Kier molecular flexibility index (Phi) is 8.02. The molecule has 1 N–H and O–H groups in total. The highest BCUT2D eigenvalue weighted by molar-refractivity contribution is 4.73. The molecule has 92 valence electrons. The molecule has 3 nitrogen and oxygen atoms in total. The Labute approximate surface area is 93.8 Å². The van der Waals surface area contributed by atoms with E-state index in [1.807, 2.05) is 0 Å². The first-order valence-electron chi connectivity index (χ1n) is 5.82. The minimum atomic E-state index is 0.0810. The summed E-state index contributed by atoms with van der Waals surface area (Å²) < 4.78 is 10.9. The van der Waals surface area contributed by atoms with Gasteiger partial charge in [0.1, 0.15) is 0 Å². The highest BCUT2D eigenvalue weighted by atomic mass is 16.5. The van der Waals surface area contributed by atoms with E-state index >= 15 is 0 Å². The third-order valence-corrected chi connectivity index (χ3v) is 2.30. The zero-order valence-electron chi connectivity index (χ0n) is 10.6. The maximum atomic E-state index is 8.52. The minimum Gasteiger partial charge on any atom is -0.394 e. The van der Waals surface area contributed by atoms with Crippen molar-refractivity contribution in [2.45, 2.75) is 46.6 Å². The van der Waals surface area contributed by atoms with Gasteiger partial charge in [-0.1, -0.05) is 34.1 Å². The fourth-order valence-electron chi connectivity index (χ4n) is 1.44. The molecule has 0 heterocycles. The Hall–Kier alpha value is -0.120. The molecule has 0 aliphatic carbocycles. The number of ether oxygens (including phenoxy) is 2. The van der Waals surface area contributed by atoms with Gasteiger partial charge >= 0.3 is 0 Å². The summed E-state index contributed by atoms with van der Waals surface area (Å²) >= 11 is 0. The van der Waals surface area contributed by atoms with Crippen LogP contribution in [0.2, 0.25) is 0 Å².